The maximum Gasteiger partial charge on any atom is 0.244 e. The van der Waals surface area contributed by atoms with Crippen LogP contribution >= 0.6 is 27.3 Å². The van der Waals surface area contributed by atoms with Crippen LogP contribution in [0.5, 0.6) is 0 Å². The predicted molar refractivity (Wildman–Crippen MR) is 86.6 cm³/mol. The molecule has 1 heterocycles. The number of hydrogen-bond acceptors (Lipinski definition) is 3. The summed E-state index contributed by atoms with van der Waals surface area (Å²) in [5.74, 6) is 0. The molecule has 0 aliphatic heterocycles. The van der Waals surface area contributed by atoms with E-state index in [1.165, 1.54) is 9.18 Å². The molecule has 0 saturated heterocycles. The van der Waals surface area contributed by atoms with Gasteiger partial charge in [-0.3, -0.25) is 0 Å². The van der Waals surface area contributed by atoms with Gasteiger partial charge in [0.1, 0.15) is 0 Å². The Morgan fingerprint density at radius 3 is 2.40 bits per heavy atom. The average Bonchev–Trinajstić information content (AvgIpc) is 2.84. The minimum absolute atomic E-state index is 0.189. The molecule has 3 nitrogen and oxygen atoms in total. The normalized spacial score (nSPS) is 13.7. The number of aryl methyl sites for hydroxylation is 1. The van der Waals surface area contributed by atoms with Crippen molar-refractivity contribution in [3.05, 3.63) is 50.6 Å². The first-order chi connectivity index (χ1) is 9.34. The Balaban J connectivity index is 2.37. The number of nitrogens with zero attached hydrogens (tertiary/aromatic N) is 1. The molecule has 108 valence electrons. The van der Waals surface area contributed by atoms with E-state index in [2.05, 4.69) is 15.9 Å². The second kappa shape index (κ2) is 5.97. The Hall–Kier alpha value is -0.690. The average molecular weight is 374 g/mol. The lowest BCUT2D eigenvalue weighted by Gasteiger charge is -2.24. The van der Waals surface area contributed by atoms with Crippen LogP contribution in [0.1, 0.15) is 22.7 Å². The van der Waals surface area contributed by atoms with Crippen molar-refractivity contribution in [2.75, 3.05) is 7.05 Å². The molecule has 0 bridgehead atoms. The van der Waals surface area contributed by atoms with Crippen LogP contribution in [0.2, 0.25) is 0 Å². The fraction of sp³-hybridized carbons (Fsp3) is 0.286. The van der Waals surface area contributed by atoms with E-state index in [9.17, 15) is 8.42 Å². The zero-order chi connectivity index (χ0) is 14.9. The summed E-state index contributed by atoms with van der Waals surface area (Å²) in [7, 11) is -1.90. The van der Waals surface area contributed by atoms with Gasteiger partial charge in [-0.05, 0) is 54.0 Å². The molecule has 0 saturated carbocycles. The molecule has 2 rings (SSSR count). The van der Waals surface area contributed by atoms with E-state index in [4.69, 9.17) is 0 Å². The van der Waals surface area contributed by atoms with Gasteiger partial charge >= 0.3 is 0 Å². The van der Waals surface area contributed by atoms with Crippen molar-refractivity contribution >= 4 is 37.3 Å². The summed E-state index contributed by atoms with van der Waals surface area (Å²) >= 11 is 4.93. The lowest BCUT2D eigenvalue weighted by atomic mass is 10.3. The van der Waals surface area contributed by atoms with Crippen molar-refractivity contribution in [3.63, 3.8) is 0 Å². The Labute approximate surface area is 132 Å². The van der Waals surface area contributed by atoms with Crippen LogP contribution in [0.15, 0.2) is 45.8 Å². The lowest BCUT2D eigenvalue weighted by Crippen LogP contribution is -2.29. The molecule has 20 heavy (non-hydrogen) atoms. The molecule has 1 aromatic heterocycles. The molecule has 0 aliphatic rings. The Morgan fingerprint density at radius 1 is 1.20 bits per heavy atom. The number of hydrogen-bond donors (Lipinski definition) is 0. The number of rotatable bonds is 4. The highest BCUT2D eigenvalue weighted by Gasteiger charge is 2.28. The number of sulfonamides is 1. The van der Waals surface area contributed by atoms with Crippen molar-refractivity contribution < 1.29 is 8.42 Å². The number of halogens is 1. The molecule has 2 aromatic rings. The van der Waals surface area contributed by atoms with E-state index in [1.807, 2.05) is 26.0 Å². The molecule has 0 amide bonds. The Kier molecular flexibility index (Phi) is 4.69. The third-order valence-corrected chi connectivity index (χ3v) is 7.32. The highest BCUT2D eigenvalue weighted by atomic mass is 79.9. The van der Waals surface area contributed by atoms with E-state index in [0.717, 1.165) is 4.88 Å². The van der Waals surface area contributed by atoms with Crippen LogP contribution < -0.4 is 0 Å². The van der Waals surface area contributed by atoms with Crippen molar-refractivity contribution in [3.8, 4) is 0 Å². The standard InChI is InChI=1S/C14H16BrNO2S2/c1-10-8-9-13(19-10)11(2)16(3)20(17,18)14-7-5-4-6-12(14)15/h4-9,11H,1-3H3. The highest BCUT2D eigenvalue weighted by Crippen LogP contribution is 2.32. The monoisotopic (exact) mass is 373 g/mol. The first-order valence-corrected chi connectivity index (χ1v) is 9.18. The number of thiophene rings is 1. The minimum atomic E-state index is -3.51. The molecular weight excluding hydrogens is 358 g/mol. The molecule has 1 aromatic carbocycles. The van der Waals surface area contributed by atoms with E-state index in [1.54, 1.807) is 42.6 Å². The van der Waals surface area contributed by atoms with Crippen LogP contribution in [0.4, 0.5) is 0 Å². The van der Waals surface area contributed by atoms with E-state index < -0.39 is 10.0 Å². The topological polar surface area (TPSA) is 37.4 Å². The third-order valence-electron chi connectivity index (χ3n) is 3.21. The molecular formula is C14H16BrNO2S2. The van der Waals surface area contributed by atoms with Gasteiger partial charge in [-0.2, -0.15) is 4.31 Å². The van der Waals surface area contributed by atoms with Crippen LogP contribution in [-0.4, -0.2) is 19.8 Å². The first kappa shape index (κ1) is 15.7. The van der Waals surface area contributed by atoms with Gasteiger partial charge in [-0.15, -0.1) is 11.3 Å². The number of benzene rings is 1. The first-order valence-electron chi connectivity index (χ1n) is 6.13. The van der Waals surface area contributed by atoms with Gasteiger partial charge in [0.05, 0.1) is 10.9 Å². The van der Waals surface area contributed by atoms with E-state index >= 15 is 0 Å². The van der Waals surface area contributed by atoms with Crippen molar-refractivity contribution in [2.24, 2.45) is 0 Å². The summed E-state index contributed by atoms with van der Waals surface area (Å²) in [6, 6.07) is 10.7. The molecule has 1 unspecified atom stereocenters. The summed E-state index contributed by atoms with van der Waals surface area (Å²) in [6.45, 7) is 3.92. The predicted octanol–water partition coefficient (Wildman–Crippen LogP) is 4.20. The van der Waals surface area contributed by atoms with E-state index in [-0.39, 0.29) is 6.04 Å². The van der Waals surface area contributed by atoms with Crippen LogP contribution in [0.3, 0.4) is 0 Å². The zero-order valence-corrected chi connectivity index (χ0v) is 14.7. The zero-order valence-electron chi connectivity index (χ0n) is 11.5. The van der Waals surface area contributed by atoms with Crippen molar-refractivity contribution in [1.29, 1.82) is 0 Å². The highest BCUT2D eigenvalue weighted by molar-refractivity contribution is 9.10. The van der Waals surface area contributed by atoms with Gasteiger partial charge in [-0.1, -0.05) is 12.1 Å². The fourth-order valence-electron chi connectivity index (χ4n) is 1.87. The van der Waals surface area contributed by atoms with Crippen molar-refractivity contribution in [2.45, 2.75) is 24.8 Å². The Morgan fingerprint density at radius 2 is 1.85 bits per heavy atom. The largest absolute Gasteiger partial charge is 0.244 e. The second-order valence-electron chi connectivity index (χ2n) is 4.58. The smallest absolute Gasteiger partial charge is 0.207 e. The van der Waals surface area contributed by atoms with Crippen LogP contribution in [0.25, 0.3) is 0 Å². The van der Waals surface area contributed by atoms with Gasteiger partial charge in [0.2, 0.25) is 10.0 Å². The fourth-order valence-corrected chi connectivity index (χ4v) is 5.22. The van der Waals surface area contributed by atoms with Crippen LogP contribution in [0, 0.1) is 6.92 Å². The summed E-state index contributed by atoms with van der Waals surface area (Å²) in [6.07, 6.45) is 0. The van der Waals surface area contributed by atoms with Crippen molar-refractivity contribution in [1.82, 2.24) is 4.31 Å². The van der Waals surface area contributed by atoms with Gasteiger partial charge in [0, 0.05) is 21.3 Å². The molecule has 0 radical (unpaired) electrons. The molecule has 0 fully saturated rings. The molecule has 1 atom stereocenters. The summed E-state index contributed by atoms with van der Waals surface area (Å²) < 4.78 is 27.3. The SMILES string of the molecule is Cc1ccc(C(C)N(C)S(=O)(=O)c2ccccc2Br)s1. The summed E-state index contributed by atoms with van der Waals surface area (Å²) in [4.78, 5) is 2.52. The van der Waals surface area contributed by atoms with Gasteiger partial charge in [0.15, 0.2) is 0 Å². The molecule has 0 aliphatic carbocycles. The maximum absolute atomic E-state index is 12.7. The van der Waals surface area contributed by atoms with Gasteiger partial charge in [-0.25, -0.2) is 8.42 Å². The molecule has 0 N–H and O–H groups in total. The maximum atomic E-state index is 12.7. The van der Waals surface area contributed by atoms with Gasteiger partial charge < -0.3 is 0 Å². The Bertz CT molecular complexity index is 709. The minimum Gasteiger partial charge on any atom is -0.207 e. The summed E-state index contributed by atoms with van der Waals surface area (Å²) in [5, 5.41) is 0. The van der Waals surface area contributed by atoms with Crippen LogP contribution in [-0.2, 0) is 10.0 Å². The lowest BCUT2D eigenvalue weighted by molar-refractivity contribution is 0.402. The second-order valence-corrected chi connectivity index (χ2v) is 8.72. The van der Waals surface area contributed by atoms with E-state index in [0.29, 0.717) is 9.37 Å². The third kappa shape index (κ3) is 2.98. The van der Waals surface area contributed by atoms with Gasteiger partial charge in [0.25, 0.3) is 0 Å². The quantitative estimate of drug-likeness (QED) is 0.804. The summed E-state index contributed by atoms with van der Waals surface area (Å²) in [5.41, 5.74) is 0. The molecule has 0 spiro atoms. The molecule has 6 heteroatoms.